The summed E-state index contributed by atoms with van der Waals surface area (Å²) in [7, 11) is 0. The molecule has 12 heavy (non-hydrogen) atoms. The van der Waals surface area contributed by atoms with Gasteiger partial charge in [0.05, 0.1) is 0 Å². The molecule has 1 heterocycles. The maximum atomic E-state index is 11.2. The third-order valence-corrected chi connectivity index (χ3v) is 2.55. The molecular formula is C10H13NO. The summed E-state index contributed by atoms with van der Waals surface area (Å²) in [5.41, 5.74) is 2.64. The number of amides is 1. The van der Waals surface area contributed by atoms with Crippen LogP contribution >= 0.6 is 0 Å². The van der Waals surface area contributed by atoms with Gasteiger partial charge < -0.3 is 4.90 Å². The summed E-state index contributed by atoms with van der Waals surface area (Å²) in [5, 5.41) is 0. The maximum absolute atomic E-state index is 11.2. The summed E-state index contributed by atoms with van der Waals surface area (Å²) >= 11 is 0. The Morgan fingerprint density at radius 3 is 3.08 bits per heavy atom. The summed E-state index contributed by atoms with van der Waals surface area (Å²) in [6.45, 7) is 2.54. The minimum absolute atomic E-state index is 0.190. The van der Waals surface area contributed by atoms with Crippen LogP contribution in [0.2, 0.25) is 0 Å². The first-order valence-corrected chi connectivity index (χ1v) is 4.45. The molecule has 0 saturated heterocycles. The van der Waals surface area contributed by atoms with Gasteiger partial charge in [0, 0.05) is 19.2 Å². The normalized spacial score (nSPS) is 21.6. The molecule has 64 valence electrons. The van der Waals surface area contributed by atoms with Gasteiger partial charge in [-0.05, 0) is 24.8 Å². The van der Waals surface area contributed by atoms with Crippen molar-refractivity contribution in [1.82, 2.24) is 4.90 Å². The second-order valence-electron chi connectivity index (χ2n) is 3.33. The molecule has 2 nitrogen and oxygen atoms in total. The Morgan fingerprint density at radius 2 is 2.33 bits per heavy atom. The van der Waals surface area contributed by atoms with Crippen LogP contribution in [0.25, 0.3) is 0 Å². The quantitative estimate of drug-likeness (QED) is 0.533. The summed E-state index contributed by atoms with van der Waals surface area (Å²) in [6.07, 6.45) is 7.55. The lowest BCUT2D eigenvalue weighted by Crippen LogP contribution is -2.25. The second-order valence-corrected chi connectivity index (χ2v) is 3.33. The van der Waals surface area contributed by atoms with Gasteiger partial charge in [0.1, 0.15) is 0 Å². The largest absolute Gasteiger partial charge is 0.316 e. The molecule has 0 aromatic carbocycles. The Labute approximate surface area is 72.6 Å². The minimum atomic E-state index is 0.190. The zero-order valence-corrected chi connectivity index (χ0v) is 7.34. The lowest BCUT2D eigenvalue weighted by molar-refractivity contribution is -0.126. The van der Waals surface area contributed by atoms with Crippen LogP contribution in [0.4, 0.5) is 0 Å². The highest BCUT2D eigenvalue weighted by molar-refractivity contribution is 5.76. The van der Waals surface area contributed by atoms with E-state index < -0.39 is 0 Å². The maximum Gasteiger partial charge on any atom is 0.223 e. The summed E-state index contributed by atoms with van der Waals surface area (Å²) < 4.78 is 0. The van der Waals surface area contributed by atoms with E-state index in [1.165, 1.54) is 11.3 Å². The van der Waals surface area contributed by atoms with Gasteiger partial charge in [-0.3, -0.25) is 4.79 Å². The van der Waals surface area contributed by atoms with Crippen LogP contribution in [-0.2, 0) is 4.79 Å². The van der Waals surface area contributed by atoms with Gasteiger partial charge in [0.15, 0.2) is 0 Å². The molecule has 1 aliphatic carbocycles. The first kappa shape index (κ1) is 7.59. The van der Waals surface area contributed by atoms with Gasteiger partial charge in [-0.1, -0.05) is 12.2 Å². The Morgan fingerprint density at radius 1 is 1.50 bits per heavy atom. The van der Waals surface area contributed by atoms with E-state index in [-0.39, 0.29) is 5.91 Å². The fourth-order valence-corrected chi connectivity index (χ4v) is 1.95. The minimum Gasteiger partial charge on any atom is -0.316 e. The van der Waals surface area contributed by atoms with Crippen LogP contribution in [0.15, 0.2) is 23.4 Å². The van der Waals surface area contributed by atoms with Gasteiger partial charge in [-0.25, -0.2) is 0 Å². The number of rotatable bonds is 0. The van der Waals surface area contributed by atoms with Crippen LogP contribution < -0.4 is 0 Å². The first-order valence-electron chi connectivity index (χ1n) is 4.45. The van der Waals surface area contributed by atoms with Crippen molar-refractivity contribution in [2.45, 2.75) is 26.2 Å². The summed E-state index contributed by atoms with van der Waals surface area (Å²) in [5.74, 6) is 0.190. The molecule has 2 heteroatoms. The average Bonchev–Trinajstić information content (AvgIpc) is 2.47. The van der Waals surface area contributed by atoms with Gasteiger partial charge in [0.2, 0.25) is 5.91 Å². The van der Waals surface area contributed by atoms with Gasteiger partial charge >= 0.3 is 0 Å². The van der Waals surface area contributed by atoms with Crippen LogP contribution in [0.1, 0.15) is 26.2 Å². The predicted octanol–water partition coefficient (Wildman–Crippen LogP) is 1.84. The van der Waals surface area contributed by atoms with Crippen molar-refractivity contribution < 1.29 is 4.79 Å². The van der Waals surface area contributed by atoms with E-state index >= 15 is 0 Å². The van der Waals surface area contributed by atoms with Crippen molar-refractivity contribution in [2.24, 2.45) is 0 Å². The Kier molecular flexibility index (Phi) is 1.75. The molecule has 0 aromatic heterocycles. The summed E-state index contributed by atoms with van der Waals surface area (Å²) in [4.78, 5) is 13.1. The molecular weight excluding hydrogens is 150 g/mol. The van der Waals surface area contributed by atoms with Crippen molar-refractivity contribution in [2.75, 3.05) is 6.54 Å². The first-order chi connectivity index (χ1) is 5.79. The van der Waals surface area contributed by atoms with Gasteiger partial charge in [0.25, 0.3) is 0 Å². The van der Waals surface area contributed by atoms with Crippen molar-refractivity contribution in [3.8, 4) is 0 Å². The number of nitrogens with zero attached hydrogens (tertiary/aromatic N) is 1. The molecule has 0 aromatic rings. The molecule has 0 N–H and O–H groups in total. The highest BCUT2D eigenvalue weighted by Crippen LogP contribution is 2.30. The zero-order valence-electron chi connectivity index (χ0n) is 7.34. The SMILES string of the molecule is CC(=O)N1CCC2=C1CCC=C2. The Bertz CT molecular complexity index is 276. The van der Waals surface area contributed by atoms with Crippen LogP contribution in [0.5, 0.6) is 0 Å². The number of carbonyl (C=O) groups is 1. The molecule has 1 aliphatic heterocycles. The van der Waals surface area contributed by atoms with Crippen molar-refractivity contribution in [3.05, 3.63) is 23.4 Å². The van der Waals surface area contributed by atoms with E-state index in [4.69, 9.17) is 0 Å². The summed E-state index contributed by atoms with van der Waals surface area (Å²) in [6, 6.07) is 0. The van der Waals surface area contributed by atoms with Crippen LogP contribution in [0.3, 0.4) is 0 Å². The fraction of sp³-hybridized carbons (Fsp3) is 0.500. The number of allylic oxidation sites excluding steroid dienone is 3. The number of hydrogen-bond donors (Lipinski definition) is 0. The van der Waals surface area contributed by atoms with Gasteiger partial charge in [-0.2, -0.15) is 0 Å². The number of carbonyl (C=O) groups excluding carboxylic acids is 1. The topological polar surface area (TPSA) is 20.3 Å². The predicted molar refractivity (Wildman–Crippen MR) is 47.4 cm³/mol. The molecule has 1 amide bonds. The third-order valence-electron chi connectivity index (χ3n) is 2.55. The standard InChI is InChI=1S/C10H13NO/c1-8(12)11-7-6-9-4-2-3-5-10(9)11/h2,4H,3,5-7H2,1H3. The average molecular weight is 163 g/mol. The zero-order chi connectivity index (χ0) is 8.55. The molecule has 2 rings (SSSR count). The van der Waals surface area contributed by atoms with Crippen LogP contribution in [-0.4, -0.2) is 17.4 Å². The lowest BCUT2D eigenvalue weighted by atomic mass is 10.0. The number of hydrogen-bond acceptors (Lipinski definition) is 1. The fourth-order valence-electron chi connectivity index (χ4n) is 1.95. The molecule has 0 spiro atoms. The Balaban J connectivity index is 2.27. The molecule has 0 radical (unpaired) electrons. The highest BCUT2D eigenvalue weighted by Gasteiger charge is 2.24. The van der Waals surface area contributed by atoms with E-state index in [0.29, 0.717) is 0 Å². The van der Waals surface area contributed by atoms with E-state index in [0.717, 1.165) is 25.8 Å². The van der Waals surface area contributed by atoms with Crippen molar-refractivity contribution >= 4 is 5.91 Å². The molecule has 0 unspecified atom stereocenters. The van der Waals surface area contributed by atoms with E-state index in [1.807, 2.05) is 4.90 Å². The van der Waals surface area contributed by atoms with E-state index in [1.54, 1.807) is 6.92 Å². The molecule has 0 saturated carbocycles. The smallest absolute Gasteiger partial charge is 0.223 e. The highest BCUT2D eigenvalue weighted by atomic mass is 16.2. The second kappa shape index (κ2) is 2.77. The lowest BCUT2D eigenvalue weighted by Gasteiger charge is -2.19. The van der Waals surface area contributed by atoms with Crippen LogP contribution in [0, 0.1) is 0 Å². The van der Waals surface area contributed by atoms with E-state index in [2.05, 4.69) is 12.2 Å². The molecule has 0 atom stereocenters. The monoisotopic (exact) mass is 163 g/mol. The molecule has 2 aliphatic rings. The third kappa shape index (κ3) is 1.07. The van der Waals surface area contributed by atoms with Gasteiger partial charge in [-0.15, -0.1) is 0 Å². The van der Waals surface area contributed by atoms with Crippen molar-refractivity contribution in [1.29, 1.82) is 0 Å². The molecule has 0 fully saturated rings. The van der Waals surface area contributed by atoms with Crippen molar-refractivity contribution in [3.63, 3.8) is 0 Å². The van der Waals surface area contributed by atoms with E-state index in [9.17, 15) is 4.79 Å². The molecule has 0 bridgehead atoms. The Hall–Kier alpha value is -1.05.